The van der Waals surface area contributed by atoms with Gasteiger partial charge in [0, 0.05) is 16.7 Å². The molecule has 0 aliphatic rings. The van der Waals surface area contributed by atoms with Crippen molar-refractivity contribution < 1.29 is 4.79 Å². The standard InChI is InChI=1S/C18H16Cl2N2O/c1-2-12-3-6-17-13(9-12)7-8-22(17)11-18(23)21-16-5-4-14(19)10-15(16)20/h3-10H,2,11H2,1H3,(H,21,23). The van der Waals surface area contributed by atoms with Crippen molar-refractivity contribution in [3.63, 3.8) is 0 Å². The van der Waals surface area contributed by atoms with E-state index >= 15 is 0 Å². The Morgan fingerprint density at radius 2 is 1.96 bits per heavy atom. The van der Waals surface area contributed by atoms with Gasteiger partial charge in [-0.2, -0.15) is 0 Å². The van der Waals surface area contributed by atoms with Crippen LogP contribution in [0.3, 0.4) is 0 Å². The summed E-state index contributed by atoms with van der Waals surface area (Å²) in [5, 5.41) is 4.92. The second-order valence-corrected chi connectivity index (χ2v) is 6.21. The van der Waals surface area contributed by atoms with Crippen molar-refractivity contribution in [1.82, 2.24) is 4.57 Å². The highest BCUT2D eigenvalue weighted by Gasteiger charge is 2.09. The minimum atomic E-state index is -0.133. The Bertz CT molecular complexity index is 871. The van der Waals surface area contributed by atoms with E-state index in [-0.39, 0.29) is 12.5 Å². The zero-order chi connectivity index (χ0) is 16.4. The SMILES string of the molecule is CCc1ccc2c(ccn2CC(=O)Nc2ccc(Cl)cc2Cl)c1. The maximum Gasteiger partial charge on any atom is 0.244 e. The van der Waals surface area contributed by atoms with Gasteiger partial charge in [0.1, 0.15) is 6.54 Å². The molecule has 0 bridgehead atoms. The van der Waals surface area contributed by atoms with Gasteiger partial charge in [0.25, 0.3) is 0 Å². The molecule has 0 atom stereocenters. The Morgan fingerprint density at radius 1 is 1.13 bits per heavy atom. The third kappa shape index (κ3) is 3.52. The first kappa shape index (κ1) is 15.9. The molecule has 1 heterocycles. The van der Waals surface area contributed by atoms with Crippen molar-refractivity contribution in [2.45, 2.75) is 19.9 Å². The van der Waals surface area contributed by atoms with E-state index in [2.05, 4.69) is 30.4 Å². The maximum atomic E-state index is 12.3. The van der Waals surface area contributed by atoms with Crippen LogP contribution in [-0.2, 0) is 17.8 Å². The molecule has 3 aromatic rings. The molecule has 23 heavy (non-hydrogen) atoms. The van der Waals surface area contributed by atoms with E-state index in [0.29, 0.717) is 15.7 Å². The number of aryl methyl sites for hydroxylation is 1. The normalized spacial score (nSPS) is 10.9. The number of nitrogens with zero attached hydrogens (tertiary/aromatic N) is 1. The molecule has 0 saturated carbocycles. The summed E-state index contributed by atoms with van der Waals surface area (Å²) in [5.41, 5.74) is 2.89. The fraction of sp³-hybridized carbons (Fsp3) is 0.167. The lowest BCUT2D eigenvalue weighted by molar-refractivity contribution is -0.116. The largest absolute Gasteiger partial charge is 0.338 e. The van der Waals surface area contributed by atoms with E-state index in [0.717, 1.165) is 17.3 Å². The summed E-state index contributed by atoms with van der Waals surface area (Å²) in [5.74, 6) is -0.133. The van der Waals surface area contributed by atoms with Crippen molar-refractivity contribution in [1.29, 1.82) is 0 Å². The average Bonchev–Trinajstić information content (AvgIpc) is 2.92. The third-order valence-corrected chi connectivity index (χ3v) is 4.31. The number of rotatable bonds is 4. The zero-order valence-corrected chi connectivity index (χ0v) is 14.2. The second kappa shape index (κ2) is 6.65. The highest BCUT2D eigenvalue weighted by molar-refractivity contribution is 6.36. The molecule has 0 radical (unpaired) electrons. The first-order valence-electron chi connectivity index (χ1n) is 7.39. The topological polar surface area (TPSA) is 34.0 Å². The molecule has 0 unspecified atom stereocenters. The first-order valence-corrected chi connectivity index (χ1v) is 8.15. The van der Waals surface area contributed by atoms with E-state index < -0.39 is 0 Å². The molecule has 5 heteroatoms. The quantitative estimate of drug-likeness (QED) is 0.696. The van der Waals surface area contributed by atoms with Crippen LogP contribution < -0.4 is 5.32 Å². The highest BCUT2D eigenvalue weighted by atomic mass is 35.5. The Hall–Kier alpha value is -1.97. The van der Waals surface area contributed by atoms with E-state index in [1.54, 1.807) is 18.2 Å². The lowest BCUT2D eigenvalue weighted by Crippen LogP contribution is -2.18. The van der Waals surface area contributed by atoms with Gasteiger partial charge < -0.3 is 9.88 Å². The average molecular weight is 347 g/mol. The number of carbonyl (C=O) groups excluding carboxylic acids is 1. The number of aromatic nitrogens is 1. The molecular weight excluding hydrogens is 331 g/mol. The second-order valence-electron chi connectivity index (χ2n) is 5.36. The predicted molar refractivity (Wildman–Crippen MR) is 96.4 cm³/mol. The lowest BCUT2D eigenvalue weighted by Gasteiger charge is -2.09. The minimum Gasteiger partial charge on any atom is -0.338 e. The van der Waals surface area contributed by atoms with Crippen LogP contribution in [0.4, 0.5) is 5.69 Å². The molecule has 0 aliphatic carbocycles. The molecule has 3 nitrogen and oxygen atoms in total. The van der Waals surface area contributed by atoms with Gasteiger partial charge in [-0.3, -0.25) is 4.79 Å². The van der Waals surface area contributed by atoms with E-state index in [9.17, 15) is 4.79 Å². The molecule has 1 aromatic heterocycles. The number of anilines is 1. The van der Waals surface area contributed by atoms with Gasteiger partial charge in [-0.05, 0) is 53.8 Å². The summed E-state index contributed by atoms with van der Waals surface area (Å²) in [7, 11) is 0. The summed E-state index contributed by atoms with van der Waals surface area (Å²) in [6.07, 6.45) is 2.92. The van der Waals surface area contributed by atoms with Crippen LogP contribution in [-0.4, -0.2) is 10.5 Å². The van der Waals surface area contributed by atoms with Gasteiger partial charge in [0.2, 0.25) is 5.91 Å². The van der Waals surface area contributed by atoms with Gasteiger partial charge in [0.05, 0.1) is 10.7 Å². The molecule has 0 aliphatic heterocycles. The molecule has 118 valence electrons. The van der Waals surface area contributed by atoms with Crippen LogP contribution in [0, 0.1) is 0 Å². The van der Waals surface area contributed by atoms with Crippen molar-refractivity contribution in [2.24, 2.45) is 0 Å². The number of nitrogens with one attached hydrogen (secondary N) is 1. The first-order chi connectivity index (χ1) is 11.1. The van der Waals surface area contributed by atoms with Crippen LogP contribution in [0.15, 0.2) is 48.7 Å². The molecule has 1 amide bonds. The maximum absolute atomic E-state index is 12.3. The number of fused-ring (bicyclic) bond motifs is 1. The van der Waals surface area contributed by atoms with E-state index in [1.165, 1.54) is 5.56 Å². The van der Waals surface area contributed by atoms with Crippen LogP contribution >= 0.6 is 23.2 Å². The summed E-state index contributed by atoms with van der Waals surface area (Å²) < 4.78 is 1.92. The summed E-state index contributed by atoms with van der Waals surface area (Å²) >= 11 is 11.9. The Balaban J connectivity index is 1.77. The fourth-order valence-corrected chi connectivity index (χ4v) is 3.00. The van der Waals surface area contributed by atoms with E-state index in [4.69, 9.17) is 23.2 Å². The van der Waals surface area contributed by atoms with Crippen LogP contribution in [0.25, 0.3) is 10.9 Å². The van der Waals surface area contributed by atoms with Crippen molar-refractivity contribution in [3.05, 3.63) is 64.3 Å². The minimum absolute atomic E-state index is 0.133. The van der Waals surface area contributed by atoms with Crippen LogP contribution in [0.5, 0.6) is 0 Å². The molecular formula is C18H16Cl2N2O. The number of amides is 1. The highest BCUT2D eigenvalue weighted by Crippen LogP contribution is 2.25. The number of halogens is 2. The Labute approximate surface area is 144 Å². The summed E-state index contributed by atoms with van der Waals surface area (Å²) in [6, 6.07) is 13.3. The molecule has 2 aromatic carbocycles. The van der Waals surface area contributed by atoms with Gasteiger partial charge in [0.15, 0.2) is 0 Å². The van der Waals surface area contributed by atoms with Crippen molar-refractivity contribution in [2.75, 3.05) is 5.32 Å². The van der Waals surface area contributed by atoms with E-state index in [1.807, 2.05) is 16.8 Å². The van der Waals surface area contributed by atoms with Gasteiger partial charge >= 0.3 is 0 Å². The Morgan fingerprint density at radius 3 is 2.70 bits per heavy atom. The molecule has 0 spiro atoms. The monoisotopic (exact) mass is 346 g/mol. The number of hydrogen-bond donors (Lipinski definition) is 1. The molecule has 3 rings (SSSR count). The van der Waals surface area contributed by atoms with Crippen LogP contribution in [0.2, 0.25) is 10.0 Å². The smallest absolute Gasteiger partial charge is 0.244 e. The van der Waals surface area contributed by atoms with Gasteiger partial charge in [-0.1, -0.05) is 36.2 Å². The number of benzene rings is 2. The van der Waals surface area contributed by atoms with Crippen LogP contribution in [0.1, 0.15) is 12.5 Å². The predicted octanol–water partition coefficient (Wildman–Crippen LogP) is 5.15. The number of hydrogen-bond acceptors (Lipinski definition) is 1. The Kier molecular flexibility index (Phi) is 4.60. The fourth-order valence-electron chi connectivity index (χ4n) is 2.54. The van der Waals surface area contributed by atoms with Gasteiger partial charge in [-0.25, -0.2) is 0 Å². The van der Waals surface area contributed by atoms with Gasteiger partial charge in [-0.15, -0.1) is 0 Å². The number of carbonyl (C=O) groups is 1. The molecule has 0 fully saturated rings. The summed E-state index contributed by atoms with van der Waals surface area (Å²) in [6.45, 7) is 2.36. The molecule has 0 saturated heterocycles. The summed E-state index contributed by atoms with van der Waals surface area (Å²) in [4.78, 5) is 12.3. The zero-order valence-electron chi connectivity index (χ0n) is 12.6. The van der Waals surface area contributed by atoms with Crippen molar-refractivity contribution in [3.8, 4) is 0 Å². The van der Waals surface area contributed by atoms with Crippen molar-refractivity contribution >= 4 is 45.7 Å². The third-order valence-electron chi connectivity index (χ3n) is 3.76. The lowest BCUT2D eigenvalue weighted by atomic mass is 10.1. The molecule has 1 N–H and O–H groups in total.